The molecule has 0 saturated heterocycles. The summed E-state index contributed by atoms with van der Waals surface area (Å²) >= 11 is 2.85. The largest absolute Gasteiger partial charge is 0.465 e. The summed E-state index contributed by atoms with van der Waals surface area (Å²) in [7, 11) is 0. The van der Waals surface area contributed by atoms with Gasteiger partial charge in [0.25, 0.3) is 11.8 Å². The predicted octanol–water partition coefficient (Wildman–Crippen LogP) is 7.94. The fourth-order valence-electron chi connectivity index (χ4n) is 4.41. The van der Waals surface area contributed by atoms with Crippen molar-refractivity contribution in [2.24, 2.45) is 0 Å². The SMILES string of the molecule is CCC(Sc1cccc(NC(=O)/C(=C/c2ccco2)NC(=O)c2ccccc2)c1)C(=O)Nc1nc(-c2ccc(C)cc2)c(C)s1. The molecular formula is C35H32N4O4S2. The van der Waals surface area contributed by atoms with Crippen LogP contribution < -0.4 is 16.0 Å². The number of carbonyl (C=O) groups excluding carboxylic acids is 3. The Hall–Kier alpha value is -4.93. The molecular weight excluding hydrogens is 605 g/mol. The number of amides is 3. The van der Waals surface area contributed by atoms with Crippen LogP contribution in [0, 0.1) is 13.8 Å². The van der Waals surface area contributed by atoms with Gasteiger partial charge in [-0.2, -0.15) is 0 Å². The van der Waals surface area contributed by atoms with Crippen LogP contribution in [0.5, 0.6) is 0 Å². The second-order valence-corrected chi connectivity index (χ2v) is 12.6. The molecule has 10 heteroatoms. The van der Waals surface area contributed by atoms with Crippen molar-refractivity contribution in [3.05, 3.63) is 125 Å². The van der Waals surface area contributed by atoms with E-state index in [0.29, 0.717) is 28.6 Å². The van der Waals surface area contributed by atoms with Crippen molar-refractivity contribution in [3.8, 4) is 11.3 Å². The standard InChI is InChI=1S/C35H32N4O4S2/c1-4-30(34(42)39-35-38-31(23(3)44-35)24-17-15-22(2)16-18-24)45-28-14-8-12-26(20-28)36-33(41)29(21-27-13-9-19-43-27)37-32(40)25-10-6-5-7-11-25/h5-21,30H,4H2,1-3H3,(H,36,41)(H,37,40)(H,38,39,42)/b29-21-. The number of benzene rings is 3. The quantitative estimate of drug-likeness (QED) is 0.100. The van der Waals surface area contributed by atoms with Gasteiger partial charge in [-0.25, -0.2) is 4.98 Å². The minimum atomic E-state index is -0.522. The lowest BCUT2D eigenvalue weighted by Gasteiger charge is -2.15. The molecule has 2 aromatic heterocycles. The minimum Gasteiger partial charge on any atom is -0.465 e. The predicted molar refractivity (Wildman–Crippen MR) is 181 cm³/mol. The molecule has 0 aliphatic carbocycles. The Labute approximate surface area is 270 Å². The molecule has 3 N–H and O–H groups in total. The molecule has 1 unspecified atom stereocenters. The van der Waals surface area contributed by atoms with E-state index in [-0.39, 0.29) is 16.9 Å². The van der Waals surface area contributed by atoms with E-state index in [0.717, 1.165) is 21.0 Å². The number of nitrogens with one attached hydrogen (secondary N) is 3. The minimum absolute atomic E-state index is 0.0198. The summed E-state index contributed by atoms with van der Waals surface area (Å²) < 4.78 is 5.37. The molecule has 0 fully saturated rings. The lowest BCUT2D eigenvalue weighted by atomic mass is 10.1. The average molecular weight is 637 g/mol. The number of thiazole rings is 1. The molecule has 1 atom stereocenters. The van der Waals surface area contributed by atoms with Crippen molar-refractivity contribution in [3.63, 3.8) is 0 Å². The van der Waals surface area contributed by atoms with Gasteiger partial charge in [-0.05, 0) is 62.7 Å². The summed E-state index contributed by atoms with van der Waals surface area (Å²) in [5.74, 6) is -0.679. The van der Waals surface area contributed by atoms with Crippen LogP contribution in [0.15, 0.2) is 112 Å². The highest BCUT2D eigenvalue weighted by molar-refractivity contribution is 8.00. The van der Waals surface area contributed by atoms with E-state index in [2.05, 4.69) is 16.0 Å². The van der Waals surface area contributed by atoms with Gasteiger partial charge in [-0.15, -0.1) is 23.1 Å². The number of hydrogen-bond donors (Lipinski definition) is 3. The van der Waals surface area contributed by atoms with Crippen molar-refractivity contribution in [1.29, 1.82) is 0 Å². The number of carbonyl (C=O) groups is 3. The fourth-order valence-corrected chi connectivity index (χ4v) is 6.26. The van der Waals surface area contributed by atoms with E-state index in [9.17, 15) is 14.4 Å². The molecule has 228 valence electrons. The van der Waals surface area contributed by atoms with Crippen LogP contribution in [0.25, 0.3) is 17.3 Å². The van der Waals surface area contributed by atoms with Gasteiger partial charge >= 0.3 is 0 Å². The number of anilines is 2. The molecule has 0 aliphatic heterocycles. The van der Waals surface area contributed by atoms with Gasteiger partial charge in [0.1, 0.15) is 11.5 Å². The van der Waals surface area contributed by atoms with Gasteiger partial charge in [0.15, 0.2) is 5.13 Å². The molecule has 0 aliphatic rings. The highest BCUT2D eigenvalue weighted by atomic mass is 32.2. The third-order valence-corrected chi connectivity index (χ3v) is 8.99. The van der Waals surface area contributed by atoms with E-state index in [1.54, 1.807) is 54.6 Å². The molecule has 45 heavy (non-hydrogen) atoms. The van der Waals surface area contributed by atoms with Gasteiger partial charge in [0.2, 0.25) is 5.91 Å². The Bertz CT molecular complexity index is 1810. The zero-order chi connectivity index (χ0) is 31.8. The molecule has 8 nitrogen and oxygen atoms in total. The van der Waals surface area contributed by atoms with E-state index >= 15 is 0 Å². The smallest absolute Gasteiger partial charge is 0.272 e. The lowest BCUT2D eigenvalue weighted by Crippen LogP contribution is -2.30. The summed E-state index contributed by atoms with van der Waals surface area (Å²) in [5.41, 5.74) is 3.99. The maximum atomic E-state index is 13.3. The van der Waals surface area contributed by atoms with Crippen molar-refractivity contribution in [2.75, 3.05) is 10.6 Å². The number of hydrogen-bond acceptors (Lipinski definition) is 7. The van der Waals surface area contributed by atoms with Gasteiger partial charge in [0.05, 0.1) is 17.2 Å². The Morgan fingerprint density at radius 1 is 0.933 bits per heavy atom. The van der Waals surface area contributed by atoms with Gasteiger partial charge in [-0.3, -0.25) is 14.4 Å². The normalized spacial score (nSPS) is 11.9. The molecule has 5 rings (SSSR count). The van der Waals surface area contributed by atoms with Crippen LogP contribution in [0.3, 0.4) is 0 Å². The van der Waals surface area contributed by atoms with E-state index in [1.165, 1.54) is 41.0 Å². The zero-order valence-corrected chi connectivity index (χ0v) is 26.6. The van der Waals surface area contributed by atoms with Crippen molar-refractivity contribution >= 4 is 57.7 Å². The number of aryl methyl sites for hydroxylation is 2. The highest BCUT2D eigenvalue weighted by Gasteiger charge is 2.21. The fraction of sp³-hybridized carbons (Fsp3) is 0.143. The first-order valence-electron chi connectivity index (χ1n) is 14.3. The van der Waals surface area contributed by atoms with E-state index in [4.69, 9.17) is 9.40 Å². The topological polar surface area (TPSA) is 113 Å². The Morgan fingerprint density at radius 2 is 1.71 bits per heavy atom. The van der Waals surface area contributed by atoms with Crippen LogP contribution in [-0.4, -0.2) is 28.0 Å². The summed E-state index contributed by atoms with van der Waals surface area (Å²) in [6.45, 7) is 5.99. The molecule has 0 radical (unpaired) electrons. The first-order chi connectivity index (χ1) is 21.8. The number of aromatic nitrogens is 1. The van der Waals surface area contributed by atoms with Crippen LogP contribution in [0.4, 0.5) is 10.8 Å². The number of thioether (sulfide) groups is 1. The number of rotatable bonds is 11. The third-order valence-electron chi connectivity index (χ3n) is 6.74. The summed E-state index contributed by atoms with van der Waals surface area (Å²) in [6, 6.07) is 27.4. The Kier molecular flexibility index (Phi) is 10.3. The molecule has 3 amide bonds. The van der Waals surface area contributed by atoms with Crippen LogP contribution in [-0.2, 0) is 9.59 Å². The highest BCUT2D eigenvalue weighted by Crippen LogP contribution is 2.33. The maximum Gasteiger partial charge on any atom is 0.272 e. The maximum absolute atomic E-state index is 13.3. The van der Waals surface area contributed by atoms with Crippen LogP contribution in [0.2, 0.25) is 0 Å². The van der Waals surface area contributed by atoms with E-state index < -0.39 is 11.8 Å². The molecule has 0 bridgehead atoms. The monoisotopic (exact) mass is 636 g/mol. The molecule has 0 saturated carbocycles. The second-order valence-electron chi connectivity index (χ2n) is 10.2. The van der Waals surface area contributed by atoms with Gasteiger partial charge in [0, 0.05) is 32.7 Å². The first-order valence-corrected chi connectivity index (χ1v) is 16.0. The number of nitrogens with zero attached hydrogens (tertiary/aromatic N) is 1. The van der Waals surface area contributed by atoms with Crippen LogP contribution in [0.1, 0.15) is 39.9 Å². The van der Waals surface area contributed by atoms with E-state index in [1.807, 2.05) is 57.2 Å². The van der Waals surface area contributed by atoms with Crippen molar-refractivity contribution in [2.45, 2.75) is 37.3 Å². The molecule has 2 heterocycles. The summed E-state index contributed by atoms with van der Waals surface area (Å²) in [5, 5.41) is 8.71. The van der Waals surface area contributed by atoms with Gasteiger partial charge < -0.3 is 20.4 Å². The third kappa shape index (κ3) is 8.37. The molecule has 5 aromatic rings. The number of furan rings is 1. The summed E-state index contributed by atoms with van der Waals surface area (Å²) in [4.78, 5) is 46.0. The van der Waals surface area contributed by atoms with Crippen molar-refractivity contribution in [1.82, 2.24) is 10.3 Å². The first kappa shape index (κ1) is 31.5. The Morgan fingerprint density at radius 3 is 2.42 bits per heavy atom. The molecule has 0 spiro atoms. The van der Waals surface area contributed by atoms with Gasteiger partial charge in [-0.1, -0.05) is 61.0 Å². The van der Waals surface area contributed by atoms with Crippen molar-refractivity contribution < 1.29 is 18.8 Å². The summed E-state index contributed by atoms with van der Waals surface area (Å²) in [6.07, 6.45) is 3.54. The lowest BCUT2D eigenvalue weighted by molar-refractivity contribution is -0.116. The van der Waals surface area contributed by atoms with Crippen LogP contribution >= 0.6 is 23.1 Å². The zero-order valence-electron chi connectivity index (χ0n) is 25.0. The molecule has 3 aromatic carbocycles. The average Bonchev–Trinajstić information content (AvgIpc) is 3.69. The second kappa shape index (κ2) is 14.7. The Balaban J connectivity index is 1.26.